The summed E-state index contributed by atoms with van der Waals surface area (Å²) in [5.41, 5.74) is -4.99. The summed E-state index contributed by atoms with van der Waals surface area (Å²) >= 11 is 0. The van der Waals surface area contributed by atoms with E-state index in [0.717, 1.165) is 77.0 Å². The smallest absolute Gasteiger partial charge is 0.116 e. The lowest BCUT2D eigenvalue weighted by Crippen LogP contribution is -2.67. The lowest BCUT2D eigenvalue weighted by Gasteiger charge is -2.56. The first-order valence-electron chi connectivity index (χ1n) is 48.1. The van der Waals surface area contributed by atoms with Gasteiger partial charge in [-0.3, -0.25) is 0 Å². The maximum atomic E-state index is 14.0. The highest BCUT2D eigenvalue weighted by Crippen LogP contribution is 2.50. The molecule has 4 N–H and O–H groups in total. The molecule has 2 unspecified atom stereocenters. The summed E-state index contributed by atoms with van der Waals surface area (Å²) in [5, 5.41) is 52.6. The molecule has 0 aliphatic carbocycles. The fraction of sp³-hybridized carbons (Fsp3) is 1.00. The molecule has 0 bridgehead atoms. The van der Waals surface area contributed by atoms with Gasteiger partial charge in [-0.05, 0) is 38.5 Å². The van der Waals surface area contributed by atoms with E-state index in [2.05, 4.69) is 41.5 Å². The Morgan fingerprint density at radius 1 is 0.149 bits per heavy atom. The molecular weight excluding hydrogens is 1230 g/mol. The van der Waals surface area contributed by atoms with E-state index in [-0.39, 0.29) is 13.2 Å². The zero-order valence-corrected chi connectivity index (χ0v) is 71.0. The molecule has 0 saturated heterocycles. The number of hydrogen-bond acceptors (Lipinski definition) is 5. The molecule has 101 heavy (non-hydrogen) atoms. The maximum Gasteiger partial charge on any atom is 0.116 e. The van der Waals surface area contributed by atoms with Gasteiger partial charge in [-0.2, -0.15) is 0 Å². The van der Waals surface area contributed by atoms with Gasteiger partial charge in [-0.15, -0.1) is 0 Å². The van der Waals surface area contributed by atoms with Crippen molar-refractivity contribution < 1.29 is 25.2 Å². The molecule has 0 rings (SSSR count). The molecule has 0 saturated carbocycles. The van der Waals surface area contributed by atoms with Crippen LogP contribution in [0.1, 0.15) is 581 Å². The van der Waals surface area contributed by atoms with Crippen molar-refractivity contribution in [2.24, 2.45) is 0 Å². The molecule has 0 aliphatic heterocycles. The zero-order chi connectivity index (χ0) is 73.5. The van der Waals surface area contributed by atoms with Crippen molar-refractivity contribution in [3.05, 3.63) is 0 Å². The molecule has 0 spiro atoms. The van der Waals surface area contributed by atoms with E-state index in [0.29, 0.717) is 38.5 Å². The number of aliphatic hydroxyl groups excluding tert-OH is 2. The average molecular weight is 1430 g/mol. The summed E-state index contributed by atoms with van der Waals surface area (Å²) in [6.07, 6.45) is 104. The average Bonchev–Trinajstić information content (AvgIpc) is 0.742. The first-order chi connectivity index (χ1) is 49.7. The van der Waals surface area contributed by atoms with Gasteiger partial charge < -0.3 is 25.2 Å². The van der Waals surface area contributed by atoms with Crippen LogP contribution in [-0.4, -0.2) is 56.0 Å². The Labute approximate surface area is 638 Å². The second kappa shape index (κ2) is 79.4. The van der Waals surface area contributed by atoms with Crippen LogP contribution in [0.5, 0.6) is 0 Å². The van der Waals surface area contributed by atoms with Gasteiger partial charge in [0.05, 0.1) is 24.4 Å². The van der Waals surface area contributed by atoms with Crippen molar-refractivity contribution in [2.75, 3.05) is 13.2 Å². The van der Waals surface area contributed by atoms with Crippen LogP contribution in [0.4, 0.5) is 0 Å². The first kappa shape index (κ1) is 101. The number of aliphatic hydroxyl groups is 4. The van der Waals surface area contributed by atoms with Crippen LogP contribution < -0.4 is 0 Å². The minimum absolute atomic E-state index is 0.313. The van der Waals surface area contributed by atoms with Crippen molar-refractivity contribution in [3.8, 4) is 0 Å². The number of rotatable bonds is 90. The van der Waals surface area contributed by atoms with Crippen LogP contribution in [-0.2, 0) is 4.74 Å². The monoisotopic (exact) mass is 1430 g/mol. The van der Waals surface area contributed by atoms with Crippen LogP contribution in [0.15, 0.2) is 0 Å². The van der Waals surface area contributed by atoms with E-state index >= 15 is 0 Å². The van der Waals surface area contributed by atoms with Gasteiger partial charge in [-0.1, -0.05) is 542 Å². The second-order valence-corrected chi connectivity index (χ2v) is 34.4. The van der Waals surface area contributed by atoms with Gasteiger partial charge in [0.15, 0.2) is 0 Å². The SMILES string of the molecule is CCCCCCCCCCCCCCCC(O)(CO)C(CCCCCCCCCCCCCCC)(CCCCCCCCCCCCCCC)OC(CCCCCCCCCCCCCCC)(CCCCCCCCCCCCCCC)C(O)(CO)CCCCCCCCCCCCCCC. The van der Waals surface area contributed by atoms with Gasteiger partial charge in [0, 0.05) is 0 Å². The predicted molar refractivity (Wildman–Crippen MR) is 452 cm³/mol. The highest BCUT2D eigenvalue weighted by molar-refractivity contribution is 5.09. The molecule has 0 amide bonds. The third-order valence-corrected chi connectivity index (χ3v) is 24.7. The molecule has 0 aromatic rings. The van der Waals surface area contributed by atoms with E-state index in [1.165, 1.54) is 424 Å². The van der Waals surface area contributed by atoms with Crippen molar-refractivity contribution >= 4 is 0 Å². The highest BCUT2D eigenvalue weighted by atomic mass is 16.6. The van der Waals surface area contributed by atoms with Gasteiger partial charge in [0.1, 0.15) is 11.2 Å². The third kappa shape index (κ3) is 60.3. The fourth-order valence-corrected chi connectivity index (χ4v) is 17.4. The first-order valence-corrected chi connectivity index (χ1v) is 48.1. The van der Waals surface area contributed by atoms with Gasteiger partial charge >= 0.3 is 0 Å². The Kier molecular flexibility index (Phi) is 79.2. The van der Waals surface area contributed by atoms with Crippen LogP contribution in [0.2, 0.25) is 0 Å². The molecule has 5 heteroatoms. The van der Waals surface area contributed by atoms with Crippen LogP contribution in [0, 0.1) is 0 Å². The van der Waals surface area contributed by atoms with Gasteiger partial charge in [-0.25, -0.2) is 0 Å². The molecule has 0 radical (unpaired) electrons. The molecular formula is C96H194O5. The Morgan fingerprint density at radius 2 is 0.248 bits per heavy atom. The zero-order valence-electron chi connectivity index (χ0n) is 71.0. The van der Waals surface area contributed by atoms with E-state index in [1.807, 2.05) is 0 Å². The standard InChI is InChI=1S/C96H194O5/c1-7-13-19-25-31-37-43-49-55-61-67-73-79-85-93(99,91-97)95(87-81-75-69-63-57-51-45-39-33-27-21-15-9-3,88-82-76-70-64-58-52-46-40-34-28-22-16-10-4)101-96(89-83-77-71-65-59-53-47-41-35-29-23-17-11-5,90-84-78-72-66-60-54-48-42-36-30-24-18-12-6)94(100,92-98)86-80-74-68-62-56-50-44-38-32-26-20-14-8-2/h97-100H,7-92H2,1-6H3. The Balaban J connectivity index is 7.50. The Morgan fingerprint density at radius 3 is 0.356 bits per heavy atom. The Hall–Kier alpha value is -0.200. The molecule has 2 atom stereocenters. The molecule has 608 valence electrons. The molecule has 0 fully saturated rings. The lowest BCUT2D eigenvalue weighted by atomic mass is 9.68. The summed E-state index contributed by atoms with van der Waals surface area (Å²) in [6.45, 7) is 13.3. The quantitative estimate of drug-likeness (QED) is 0.0456. The topological polar surface area (TPSA) is 90.2 Å². The summed E-state index contributed by atoms with van der Waals surface area (Å²) in [6, 6.07) is 0. The lowest BCUT2D eigenvalue weighted by molar-refractivity contribution is -0.310. The second-order valence-electron chi connectivity index (χ2n) is 34.4. The summed E-state index contributed by atoms with van der Waals surface area (Å²) < 4.78 is 8.47. The molecule has 0 heterocycles. The highest BCUT2D eigenvalue weighted by Gasteiger charge is 2.59. The number of ether oxygens (including phenoxy) is 1. The van der Waals surface area contributed by atoms with Crippen LogP contribution in [0.3, 0.4) is 0 Å². The third-order valence-electron chi connectivity index (χ3n) is 24.7. The number of unbranched alkanes of at least 4 members (excludes halogenated alkanes) is 72. The van der Waals surface area contributed by atoms with Crippen LogP contribution in [0.25, 0.3) is 0 Å². The van der Waals surface area contributed by atoms with E-state index in [9.17, 15) is 20.4 Å². The van der Waals surface area contributed by atoms with Crippen molar-refractivity contribution in [1.29, 1.82) is 0 Å². The van der Waals surface area contributed by atoms with E-state index in [1.54, 1.807) is 0 Å². The van der Waals surface area contributed by atoms with Gasteiger partial charge in [0.2, 0.25) is 0 Å². The summed E-state index contributed by atoms with van der Waals surface area (Å²) in [7, 11) is 0. The number of hydrogen-bond donors (Lipinski definition) is 4. The minimum atomic E-state index is -1.46. The largest absolute Gasteiger partial charge is 0.393 e. The van der Waals surface area contributed by atoms with Gasteiger partial charge in [0.25, 0.3) is 0 Å². The van der Waals surface area contributed by atoms with E-state index in [4.69, 9.17) is 4.74 Å². The molecule has 5 nitrogen and oxygen atoms in total. The predicted octanol–water partition coefficient (Wildman–Crippen LogP) is 32.8. The maximum absolute atomic E-state index is 14.0. The van der Waals surface area contributed by atoms with E-state index < -0.39 is 22.4 Å². The fourth-order valence-electron chi connectivity index (χ4n) is 17.4. The summed E-state index contributed by atoms with van der Waals surface area (Å²) in [4.78, 5) is 0. The summed E-state index contributed by atoms with van der Waals surface area (Å²) in [5.74, 6) is 0. The normalized spacial score (nSPS) is 13.5. The van der Waals surface area contributed by atoms with Crippen molar-refractivity contribution in [3.63, 3.8) is 0 Å². The molecule has 0 aromatic heterocycles. The van der Waals surface area contributed by atoms with Crippen molar-refractivity contribution in [2.45, 2.75) is 603 Å². The Bertz CT molecular complexity index is 1360. The van der Waals surface area contributed by atoms with Crippen LogP contribution >= 0.6 is 0 Å². The van der Waals surface area contributed by atoms with Crippen molar-refractivity contribution in [1.82, 2.24) is 0 Å². The minimum Gasteiger partial charge on any atom is -0.393 e. The molecule has 0 aliphatic rings. The molecule has 0 aromatic carbocycles.